The number of H-pyrrole nitrogens is 1. The van der Waals surface area contributed by atoms with Gasteiger partial charge in [0, 0.05) is 104 Å². The van der Waals surface area contributed by atoms with Crippen LogP contribution in [0.2, 0.25) is 0 Å². The molecule has 20 heteroatoms. The van der Waals surface area contributed by atoms with Crippen molar-refractivity contribution in [3.8, 4) is 11.1 Å². The number of hydrogen-bond acceptors (Lipinski definition) is 12. The first-order valence-corrected chi connectivity index (χ1v) is 22.2. The maximum atomic E-state index is 15.6. The number of hydrogen-bond donors (Lipinski definition) is 5. The van der Waals surface area contributed by atoms with E-state index in [2.05, 4.69) is 40.2 Å². The number of anilines is 4. The first-order chi connectivity index (χ1) is 30.0. The van der Waals surface area contributed by atoms with Gasteiger partial charge in [-0.2, -0.15) is 12.7 Å². The number of carbonyl (C=O) groups is 3. The summed E-state index contributed by atoms with van der Waals surface area (Å²) in [5, 5.41) is 17.3. The van der Waals surface area contributed by atoms with Crippen molar-refractivity contribution in [2.75, 3.05) is 59.6 Å². The topological polar surface area (TPSA) is 206 Å². The van der Waals surface area contributed by atoms with Crippen molar-refractivity contribution in [1.82, 2.24) is 29.6 Å². The van der Waals surface area contributed by atoms with Gasteiger partial charge in [0.05, 0.1) is 22.5 Å². The molecule has 3 aromatic heterocycles. The summed E-state index contributed by atoms with van der Waals surface area (Å²) >= 11 is 0. The molecule has 4 fully saturated rings. The van der Waals surface area contributed by atoms with Gasteiger partial charge in [-0.3, -0.25) is 24.4 Å². The van der Waals surface area contributed by atoms with Crippen molar-refractivity contribution in [2.24, 2.45) is 11.3 Å². The third-order valence-electron chi connectivity index (χ3n) is 13.0. The number of carbonyl (C=O) groups excluding carboxylic acids is 3. The monoisotopic (exact) mass is 886 g/mol. The molecular formula is C43H45F3N10O6S. The van der Waals surface area contributed by atoms with Crippen LogP contribution in [0.1, 0.15) is 61.4 Å². The maximum absolute atomic E-state index is 15.6. The van der Waals surface area contributed by atoms with Crippen LogP contribution in [0.3, 0.4) is 0 Å². The third-order valence-corrected chi connectivity index (χ3v) is 14.5. The van der Waals surface area contributed by atoms with E-state index in [9.17, 15) is 27.9 Å². The number of piperidine rings is 2. The Bertz CT molecular complexity index is 2750. The van der Waals surface area contributed by atoms with Gasteiger partial charge < -0.3 is 25.2 Å². The molecule has 5 N–H and O–H groups in total. The zero-order chi connectivity index (χ0) is 44.4. The summed E-state index contributed by atoms with van der Waals surface area (Å²) in [6.07, 6.45) is 9.42. The Hall–Kier alpha value is -6.12. The number of aromatic amines is 1. The summed E-state index contributed by atoms with van der Waals surface area (Å²) in [7, 11) is -2.87. The number of rotatable bonds is 12. The molecular weight excluding hydrogens is 842 g/mol. The van der Waals surface area contributed by atoms with Crippen LogP contribution in [0.5, 0.6) is 0 Å². The summed E-state index contributed by atoms with van der Waals surface area (Å²) in [6, 6.07) is 7.58. The molecule has 1 unspecified atom stereocenters. The van der Waals surface area contributed by atoms with E-state index in [4.69, 9.17) is 0 Å². The first kappa shape index (κ1) is 42.2. The number of imide groups is 1. The smallest absolute Gasteiger partial charge is 0.301 e. The lowest BCUT2D eigenvalue weighted by Gasteiger charge is -2.64. The molecule has 5 aromatic rings. The van der Waals surface area contributed by atoms with Crippen molar-refractivity contribution in [3.63, 3.8) is 0 Å². The van der Waals surface area contributed by atoms with E-state index in [0.29, 0.717) is 79.5 Å². The van der Waals surface area contributed by atoms with Crippen LogP contribution in [0, 0.1) is 28.8 Å². The summed E-state index contributed by atoms with van der Waals surface area (Å²) in [5.74, 6) is -4.05. The largest absolute Gasteiger partial charge is 0.390 e. The average molecular weight is 887 g/mol. The second kappa shape index (κ2) is 15.9. The number of aromatic nitrogens is 4. The first-order valence-electron chi connectivity index (χ1n) is 20.7. The number of nitrogens with one attached hydrogen (secondary N) is 4. The number of nitrogens with zero attached hydrogens (tertiary/aromatic N) is 6. The Morgan fingerprint density at radius 1 is 0.952 bits per heavy atom. The number of fused-ring (bicyclic) bond motifs is 1. The van der Waals surface area contributed by atoms with Crippen molar-refractivity contribution in [2.45, 2.75) is 57.1 Å². The molecule has 1 atom stereocenters. The van der Waals surface area contributed by atoms with E-state index in [-0.39, 0.29) is 41.2 Å². The molecule has 0 radical (unpaired) electrons. The van der Waals surface area contributed by atoms with Gasteiger partial charge in [0.1, 0.15) is 23.3 Å². The molecule has 63 heavy (non-hydrogen) atoms. The lowest BCUT2D eigenvalue weighted by molar-refractivity contribution is -0.177. The van der Waals surface area contributed by atoms with Gasteiger partial charge in [-0.1, -0.05) is 6.92 Å². The number of aliphatic hydroxyl groups is 1. The molecule has 16 nitrogen and oxygen atoms in total. The van der Waals surface area contributed by atoms with Crippen molar-refractivity contribution in [1.29, 1.82) is 0 Å². The van der Waals surface area contributed by atoms with Crippen LogP contribution < -0.4 is 25.2 Å². The standard InChI is InChI=1S/C43H45F3N10O6S/c1-3-54(2)63(61,62)53-32-6-5-30(44)36(37(32)46)38(58)29-19-48-39-28(29)14-24(16-47-39)25-17-49-41(50-18-25)56-22-42(23-56)20-43(60,21-42)26-10-12-55(13-11-26)34-8-4-27(15-31(34)45)51-33-7-9-35(57)52-40(33)59/h4-6,8,14-19,26,33,51,53,60H,3,7,9-13,20-23H2,1-2H3,(H,47,48)(H,52,57,59). The highest BCUT2D eigenvalue weighted by molar-refractivity contribution is 7.90. The Balaban J connectivity index is 0.798. The molecule has 2 aromatic carbocycles. The SMILES string of the molecule is CCN(C)S(=O)(=O)Nc1ccc(F)c(C(=O)c2c[nH]c3ncc(-c4cnc(N5CC6(C5)CC(O)(C5CCN(c7ccc(NC8CCC(=O)NC8=O)cc7F)CC5)C6)nc4)cc23)c1F. The van der Waals surface area contributed by atoms with Crippen LogP contribution >= 0.6 is 0 Å². The maximum Gasteiger partial charge on any atom is 0.301 e. The van der Waals surface area contributed by atoms with Crippen LogP contribution in [0.4, 0.5) is 36.2 Å². The molecule has 9 rings (SSSR count). The number of amides is 2. The average Bonchev–Trinajstić information content (AvgIpc) is 3.67. The highest BCUT2D eigenvalue weighted by Crippen LogP contribution is 2.58. The predicted molar refractivity (Wildman–Crippen MR) is 228 cm³/mol. The van der Waals surface area contributed by atoms with Gasteiger partial charge in [-0.25, -0.2) is 28.1 Å². The highest BCUT2D eigenvalue weighted by Gasteiger charge is 2.62. The minimum absolute atomic E-state index is 0.0494. The van der Waals surface area contributed by atoms with E-state index < -0.39 is 62.2 Å². The van der Waals surface area contributed by atoms with E-state index in [1.165, 1.54) is 19.3 Å². The molecule has 330 valence electrons. The van der Waals surface area contributed by atoms with E-state index in [1.807, 2.05) is 4.90 Å². The quantitative estimate of drug-likeness (QED) is 0.0852. The summed E-state index contributed by atoms with van der Waals surface area (Å²) in [5.41, 5.74) is -0.0554. The van der Waals surface area contributed by atoms with Crippen molar-refractivity contribution >= 4 is 61.9 Å². The Morgan fingerprint density at radius 2 is 1.67 bits per heavy atom. The zero-order valence-electron chi connectivity index (χ0n) is 34.4. The number of halogens is 3. The fourth-order valence-corrected chi connectivity index (χ4v) is 10.5. The Morgan fingerprint density at radius 3 is 2.35 bits per heavy atom. The number of pyridine rings is 1. The van der Waals surface area contributed by atoms with Gasteiger partial charge in [0.15, 0.2) is 5.82 Å². The number of ketones is 1. The second-order valence-electron chi connectivity index (χ2n) is 17.1. The molecule has 3 aliphatic heterocycles. The molecule has 1 saturated carbocycles. The Kier molecular flexibility index (Phi) is 10.6. The van der Waals surface area contributed by atoms with Crippen LogP contribution in [-0.4, -0.2) is 107 Å². The molecule has 1 aliphatic carbocycles. The molecule has 2 amide bonds. The number of benzene rings is 2. The zero-order valence-corrected chi connectivity index (χ0v) is 35.2. The molecule has 6 heterocycles. The molecule has 3 saturated heterocycles. The third kappa shape index (κ3) is 7.84. The van der Waals surface area contributed by atoms with Crippen LogP contribution in [-0.2, 0) is 19.8 Å². The molecule has 0 bridgehead atoms. The summed E-state index contributed by atoms with van der Waals surface area (Å²) < 4.78 is 74.0. The molecule has 1 spiro atoms. The highest BCUT2D eigenvalue weighted by atomic mass is 32.2. The van der Waals surface area contributed by atoms with Crippen LogP contribution in [0.15, 0.2) is 61.2 Å². The van der Waals surface area contributed by atoms with Crippen molar-refractivity contribution < 1.29 is 41.1 Å². The Labute approximate surface area is 360 Å². The van der Waals surface area contributed by atoms with E-state index in [0.717, 1.165) is 29.3 Å². The van der Waals surface area contributed by atoms with Gasteiger partial charge in [0.25, 0.3) is 0 Å². The fraction of sp³-hybridized carbons (Fsp3) is 0.395. The lowest BCUT2D eigenvalue weighted by atomic mass is 9.51. The van der Waals surface area contributed by atoms with Crippen molar-refractivity contribution in [3.05, 3.63) is 89.8 Å². The minimum atomic E-state index is -4.16. The summed E-state index contributed by atoms with van der Waals surface area (Å²) in [4.78, 5) is 57.7. The van der Waals surface area contributed by atoms with Gasteiger partial charge in [-0.05, 0) is 74.4 Å². The second-order valence-corrected chi connectivity index (χ2v) is 18.9. The van der Waals surface area contributed by atoms with E-state index >= 15 is 13.2 Å². The van der Waals surface area contributed by atoms with E-state index in [1.54, 1.807) is 43.7 Å². The lowest BCUT2D eigenvalue weighted by Crippen LogP contribution is -2.70. The fourth-order valence-electron chi connectivity index (χ4n) is 9.55. The van der Waals surface area contributed by atoms with Crippen LogP contribution in [0.25, 0.3) is 22.2 Å². The van der Waals surface area contributed by atoms with Gasteiger partial charge in [-0.15, -0.1) is 0 Å². The minimum Gasteiger partial charge on any atom is -0.390 e. The van der Waals surface area contributed by atoms with Gasteiger partial charge in [0.2, 0.25) is 23.5 Å². The summed E-state index contributed by atoms with van der Waals surface area (Å²) in [6.45, 7) is 4.25. The van der Waals surface area contributed by atoms with Gasteiger partial charge >= 0.3 is 10.2 Å². The molecule has 4 aliphatic rings. The predicted octanol–water partition coefficient (Wildman–Crippen LogP) is 4.74. The normalized spacial score (nSPS) is 19.8.